The molecule has 1 aromatic carbocycles. The number of carbonyl (C=O) groups excluding carboxylic acids is 2. The van der Waals surface area contributed by atoms with Crippen molar-refractivity contribution in [3.8, 4) is 0 Å². The van der Waals surface area contributed by atoms with Gasteiger partial charge in [-0.3, -0.25) is 9.59 Å². The van der Waals surface area contributed by atoms with Crippen LogP contribution in [0.25, 0.3) is 0 Å². The van der Waals surface area contributed by atoms with Crippen LogP contribution in [0.2, 0.25) is 0 Å². The van der Waals surface area contributed by atoms with Crippen LogP contribution in [-0.4, -0.2) is 32.0 Å². The van der Waals surface area contributed by atoms with E-state index >= 15 is 0 Å². The lowest BCUT2D eigenvalue weighted by atomic mass is 10.0. The summed E-state index contributed by atoms with van der Waals surface area (Å²) in [6.45, 7) is 5.30. The van der Waals surface area contributed by atoms with Crippen molar-refractivity contribution in [3.05, 3.63) is 81.1 Å². The number of allylic oxidation sites excluding steroid dienone is 6. The van der Waals surface area contributed by atoms with E-state index in [1.54, 1.807) is 32.1 Å². The van der Waals surface area contributed by atoms with E-state index in [4.69, 9.17) is 28.9 Å². The monoisotopic (exact) mass is 502 g/mol. The topological polar surface area (TPSA) is 87.5 Å². The van der Waals surface area contributed by atoms with Crippen LogP contribution in [0.5, 0.6) is 0 Å². The molecular weight excluding hydrogens is 471 g/mol. The Morgan fingerprint density at radius 3 is 2.56 bits per heavy atom. The molecule has 0 heterocycles. The number of halogens is 2. The minimum atomic E-state index is -0.311. The van der Waals surface area contributed by atoms with Crippen molar-refractivity contribution in [2.45, 2.75) is 39.7 Å². The van der Waals surface area contributed by atoms with Gasteiger partial charge >= 0.3 is 0 Å². The largest absolute Gasteiger partial charge is 0.398 e. The van der Waals surface area contributed by atoms with Gasteiger partial charge in [0.05, 0.1) is 16.2 Å². The fraction of sp³-hybridized carbons (Fsp3) is 0.308. The van der Waals surface area contributed by atoms with Gasteiger partial charge in [0.15, 0.2) is 0 Å². The molecule has 0 aromatic heterocycles. The third kappa shape index (κ3) is 7.54. The molecule has 182 valence electrons. The zero-order valence-corrected chi connectivity index (χ0v) is 21.7. The summed E-state index contributed by atoms with van der Waals surface area (Å²) in [7, 11) is 3.81. The molecule has 1 aliphatic rings. The van der Waals surface area contributed by atoms with E-state index in [0.717, 1.165) is 11.3 Å². The van der Waals surface area contributed by atoms with Crippen molar-refractivity contribution in [2.75, 3.05) is 24.7 Å². The number of hydrogen-bond donors (Lipinski definition) is 3. The molecular formula is C26H32Cl2N4O2. The highest BCUT2D eigenvalue weighted by atomic mass is 35.5. The van der Waals surface area contributed by atoms with Crippen molar-refractivity contribution in [1.29, 1.82) is 0 Å². The Hall–Kier alpha value is -2.96. The molecule has 2 rings (SSSR count). The molecule has 0 aliphatic heterocycles. The van der Waals surface area contributed by atoms with Gasteiger partial charge in [-0.15, -0.1) is 0 Å². The molecule has 34 heavy (non-hydrogen) atoms. The van der Waals surface area contributed by atoms with Crippen LogP contribution in [0.4, 0.5) is 11.4 Å². The van der Waals surface area contributed by atoms with Crippen LogP contribution in [0, 0.1) is 0 Å². The van der Waals surface area contributed by atoms with Gasteiger partial charge in [-0.05, 0) is 64.0 Å². The third-order valence-electron chi connectivity index (χ3n) is 5.24. The molecule has 0 spiro atoms. The maximum atomic E-state index is 12.8. The van der Waals surface area contributed by atoms with E-state index in [2.05, 4.69) is 10.6 Å². The first kappa shape index (κ1) is 27.3. The lowest BCUT2D eigenvalue weighted by Gasteiger charge is -2.17. The van der Waals surface area contributed by atoms with Gasteiger partial charge in [0.2, 0.25) is 0 Å². The van der Waals surface area contributed by atoms with Gasteiger partial charge < -0.3 is 21.3 Å². The highest BCUT2D eigenvalue weighted by Crippen LogP contribution is 2.23. The Labute approximate surface area is 211 Å². The number of hydrogen-bond acceptors (Lipinski definition) is 4. The van der Waals surface area contributed by atoms with Crippen LogP contribution in [0.3, 0.4) is 0 Å². The van der Waals surface area contributed by atoms with E-state index in [0.29, 0.717) is 39.9 Å². The zero-order chi connectivity index (χ0) is 25.4. The number of carbonyl (C=O) groups is 2. The van der Waals surface area contributed by atoms with Gasteiger partial charge in [0.25, 0.3) is 11.8 Å². The second-order valence-electron chi connectivity index (χ2n) is 8.30. The van der Waals surface area contributed by atoms with Crippen molar-refractivity contribution >= 4 is 46.4 Å². The van der Waals surface area contributed by atoms with Gasteiger partial charge in [-0.25, -0.2) is 0 Å². The van der Waals surface area contributed by atoms with Crippen molar-refractivity contribution in [1.82, 2.24) is 10.6 Å². The average molecular weight is 503 g/mol. The van der Waals surface area contributed by atoms with Crippen LogP contribution >= 0.6 is 23.2 Å². The molecule has 1 unspecified atom stereocenters. The molecule has 6 nitrogen and oxygen atoms in total. The fourth-order valence-corrected chi connectivity index (χ4v) is 3.90. The number of amides is 2. The summed E-state index contributed by atoms with van der Waals surface area (Å²) in [6, 6.07) is 5.22. The lowest BCUT2D eigenvalue weighted by Crippen LogP contribution is -2.34. The summed E-state index contributed by atoms with van der Waals surface area (Å²) in [4.78, 5) is 27.4. The van der Waals surface area contributed by atoms with Crippen LogP contribution in [0.15, 0.2) is 75.5 Å². The van der Waals surface area contributed by atoms with E-state index in [-0.39, 0.29) is 23.4 Å². The summed E-state index contributed by atoms with van der Waals surface area (Å²) in [5, 5.41) is 6.52. The Kier molecular flexibility index (Phi) is 10.0. The molecule has 0 bridgehead atoms. The first-order valence-corrected chi connectivity index (χ1v) is 11.7. The lowest BCUT2D eigenvalue weighted by molar-refractivity contribution is -0.117. The van der Waals surface area contributed by atoms with E-state index in [9.17, 15) is 9.59 Å². The molecule has 0 saturated carbocycles. The number of nitrogen functional groups attached to an aromatic ring is 1. The summed E-state index contributed by atoms with van der Waals surface area (Å²) >= 11 is 12.2. The predicted octanol–water partition coefficient (Wildman–Crippen LogP) is 5.39. The summed E-state index contributed by atoms with van der Waals surface area (Å²) in [6.07, 6.45) is 10.6. The maximum Gasteiger partial charge on any atom is 0.257 e. The summed E-state index contributed by atoms with van der Waals surface area (Å²) < 4.78 is 0. The Morgan fingerprint density at radius 2 is 1.94 bits per heavy atom. The minimum Gasteiger partial charge on any atom is -0.398 e. The molecule has 0 radical (unpaired) electrons. The SMILES string of the molecule is C/C=C(Cl)\C(C(=O)NC(C)CC1=CC=C(NC(=O)c2cc(N(C)C)ccc2N)C=CC1)=C(/C)Cl. The number of anilines is 2. The number of nitrogens with one attached hydrogen (secondary N) is 2. The summed E-state index contributed by atoms with van der Waals surface area (Å²) in [5.74, 6) is -0.583. The predicted molar refractivity (Wildman–Crippen MR) is 143 cm³/mol. The number of benzene rings is 1. The smallest absolute Gasteiger partial charge is 0.257 e. The first-order chi connectivity index (χ1) is 16.0. The number of rotatable bonds is 8. The molecule has 4 N–H and O–H groups in total. The number of nitrogens with zero attached hydrogens (tertiary/aromatic N) is 1. The molecule has 1 aromatic rings. The molecule has 0 saturated heterocycles. The van der Waals surface area contributed by atoms with E-state index < -0.39 is 0 Å². The zero-order valence-electron chi connectivity index (χ0n) is 20.2. The van der Waals surface area contributed by atoms with E-state index in [1.165, 1.54) is 0 Å². The van der Waals surface area contributed by atoms with Crippen LogP contribution in [0.1, 0.15) is 44.0 Å². The Morgan fingerprint density at radius 1 is 1.24 bits per heavy atom. The number of nitrogens with two attached hydrogens (primary N) is 1. The van der Waals surface area contributed by atoms with Crippen LogP contribution < -0.4 is 21.3 Å². The normalized spacial score (nSPS) is 15.4. The van der Waals surface area contributed by atoms with Gasteiger partial charge in [-0.1, -0.05) is 47.0 Å². The van der Waals surface area contributed by atoms with Crippen molar-refractivity contribution in [2.24, 2.45) is 0 Å². The maximum absolute atomic E-state index is 12.8. The second-order valence-corrected chi connectivity index (χ2v) is 9.27. The highest BCUT2D eigenvalue weighted by Gasteiger charge is 2.18. The molecule has 2 amide bonds. The van der Waals surface area contributed by atoms with Gasteiger partial charge in [0.1, 0.15) is 0 Å². The van der Waals surface area contributed by atoms with Crippen molar-refractivity contribution < 1.29 is 9.59 Å². The highest BCUT2D eigenvalue weighted by molar-refractivity contribution is 6.39. The second kappa shape index (κ2) is 12.5. The molecule has 8 heteroatoms. The third-order valence-corrected chi connectivity index (χ3v) is 5.84. The first-order valence-electron chi connectivity index (χ1n) is 11.0. The summed E-state index contributed by atoms with van der Waals surface area (Å²) in [5.41, 5.74) is 9.79. The Bertz CT molecular complexity index is 1090. The molecule has 0 fully saturated rings. The quantitative estimate of drug-likeness (QED) is 0.252. The van der Waals surface area contributed by atoms with E-state index in [1.807, 2.05) is 56.3 Å². The fourth-order valence-electron chi connectivity index (χ4n) is 3.43. The Balaban J connectivity index is 2.07. The minimum absolute atomic E-state index is 0.141. The standard InChI is InChI=1S/C26H32Cl2N4O2/c1-6-22(28)24(17(3)27)26(34)30-16(2)14-18-8-7-9-19(11-10-18)31-25(33)21-15-20(32(4)5)12-13-23(21)29/h6-7,9-13,15-16H,8,14,29H2,1-5H3,(H,30,34)(H,31,33)/b22-6+,24-17-. The molecule has 1 aliphatic carbocycles. The van der Waals surface area contributed by atoms with Crippen molar-refractivity contribution in [3.63, 3.8) is 0 Å². The van der Waals surface area contributed by atoms with Crippen LogP contribution in [-0.2, 0) is 4.79 Å². The van der Waals surface area contributed by atoms with Gasteiger partial charge in [-0.2, -0.15) is 0 Å². The molecule has 1 atom stereocenters. The van der Waals surface area contributed by atoms with Gasteiger partial charge in [0, 0.05) is 42.2 Å². The average Bonchev–Trinajstić information content (AvgIpc) is 2.98.